The van der Waals surface area contributed by atoms with Gasteiger partial charge in [-0.3, -0.25) is 0 Å². The van der Waals surface area contributed by atoms with E-state index in [2.05, 4.69) is 0 Å². The summed E-state index contributed by atoms with van der Waals surface area (Å²) in [5, 5.41) is 1.40. The summed E-state index contributed by atoms with van der Waals surface area (Å²) in [4.78, 5) is 33.7. The molecular formula is C9H19ClCoO3P. The van der Waals surface area contributed by atoms with Crippen molar-refractivity contribution in [1.29, 1.82) is 0 Å². The van der Waals surface area contributed by atoms with Gasteiger partial charge in [-0.05, 0) is 0 Å². The monoisotopic (exact) mass is 300 g/mol. The second-order valence-corrected chi connectivity index (χ2v) is 20.8. The maximum absolute atomic E-state index is 11.2. The van der Waals surface area contributed by atoms with E-state index in [0.717, 1.165) is 0 Å². The molecule has 0 aromatic heterocycles. The van der Waals surface area contributed by atoms with E-state index in [1.165, 1.54) is 0 Å². The molecule has 0 radical (unpaired) electrons. The molecule has 0 aromatic rings. The molecule has 0 atom stereocenters. The molecule has 0 amide bonds. The number of hydrogen-bond donors (Lipinski definition) is 0. The first-order valence-corrected chi connectivity index (χ1v) is 12.0. The van der Waals surface area contributed by atoms with Crippen LogP contribution in [0.15, 0.2) is 0 Å². The summed E-state index contributed by atoms with van der Waals surface area (Å²) in [5.41, 5.74) is 0. The van der Waals surface area contributed by atoms with Crippen LogP contribution in [0.4, 0.5) is 0 Å². The van der Waals surface area contributed by atoms with Gasteiger partial charge in [-0.1, -0.05) is 0 Å². The summed E-state index contributed by atoms with van der Waals surface area (Å²) in [7, 11) is 2.37. The van der Waals surface area contributed by atoms with Gasteiger partial charge in [0, 0.05) is 0 Å². The zero-order chi connectivity index (χ0) is 12.2. The van der Waals surface area contributed by atoms with Crippen LogP contribution in [0.25, 0.3) is 0 Å². The van der Waals surface area contributed by atoms with E-state index in [9.17, 15) is 14.4 Å². The van der Waals surface area contributed by atoms with Crippen LogP contribution in [0.2, 0.25) is 0 Å². The third-order valence-electron chi connectivity index (χ3n) is 3.08. The molecule has 0 bridgehead atoms. The van der Waals surface area contributed by atoms with Crippen LogP contribution in [0, 0.1) is 0 Å². The first kappa shape index (κ1) is 15.2. The molecule has 0 rings (SSSR count). The van der Waals surface area contributed by atoms with E-state index in [1.54, 1.807) is 0 Å². The van der Waals surface area contributed by atoms with Gasteiger partial charge in [0.2, 0.25) is 0 Å². The van der Waals surface area contributed by atoms with E-state index in [-0.39, 0.29) is 0 Å². The van der Waals surface area contributed by atoms with Crippen LogP contribution in [0.3, 0.4) is 0 Å². The Kier molecular flexibility index (Phi) is 5.12. The second-order valence-electron chi connectivity index (χ2n) is 3.30. The predicted octanol–water partition coefficient (Wildman–Crippen LogP) is 2.12. The number of rotatable bonds is 7. The molecule has 6 heteroatoms. The van der Waals surface area contributed by atoms with Crippen LogP contribution in [0.1, 0.15) is 20.8 Å². The number of halogens is 1. The third kappa shape index (κ3) is 1.93. The Morgan fingerprint density at radius 2 is 1.20 bits per heavy atom. The van der Waals surface area contributed by atoms with Gasteiger partial charge in [-0.2, -0.15) is 0 Å². The van der Waals surface area contributed by atoms with Gasteiger partial charge in [0.1, 0.15) is 0 Å². The maximum atomic E-state index is 11.2. The van der Waals surface area contributed by atoms with Crippen LogP contribution < -0.4 is 0 Å². The minimum atomic E-state index is -3.89. The van der Waals surface area contributed by atoms with Gasteiger partial charge in [-0.15, -0.1) is 0 Å². The molecule has 0 aromatic carbocycles. The van der Waals surface area contributed by atoms with Crippen molar-refractivity contribution in [1.82, 2.24) is 0 Å². The van der Waals surface area contributed by atoms with Crippen LogP contribution in [-0.4, -0.2) is 34.1 Å². The van der Waals surface area contributed by atoms with Gasteiger partial charge < -0.3 is 0 Å². The zero-order valence-corrected chi connectivity index (χ0v) is 12.1. The van der Waals surface area contributed by atoms with Gasteiger partial charge in [0.15, 0.2) is 0 Å². The van der Waals surface area contributed by atoms with Crippen molar-refractivity contribution in [2.75, 3.05) is 18.5 Å². The van der Waals surface area contributed by atoms with E-state index in [0.29, 0.717) is 34.1 Å². The average molecular weight is 301 g/mol. The van der Waals surface area contributed by atoms with Crippen molar-refractivity contribution in [3.05, 3.63) is 0 Å². The number of hydrogen-bond acceptors (Lipinski definition) is 3. The predicted molar refractivity (Wildman–Crippen MR) is 66.0 cm³/mol. The van der Waals surface area contributed by atoms with Gasteiger partial charge in [-0.25, -0.2) is 0 Å². The second kappa shape index (κ2) is 5.04. The zero-order valence-electron chi connectivity index (χ0n) is 9.29. The third-order valence-corrected chi connectivity index (χ3v) is 25.1. The Morgan fingerprint density at radius 1 is 0.933 bits per heavy atom. The molecule has 94 valence electrons. The van der Waals surface area contributed by atoms with Crippen molar-refractivity contribution >= 4 is 31.8 Å². The Bertz CT molecular complexity index is 246. The molecule has 0 aliphatic heterocycles. The quantitative estimate of drug-likeness (QED) is 0.534. The Balaban J connectivity index is 5.90. The summed E-state index contributed by atoms with van der Waals surface area (Å²) in [5.74, 6) is -2.33. The van der Waals surface area contributed by atoms with Crippen LogP contribution in [-0.2, 0) is 24.6 Å². The molecule has 0 unspecified atom stereocenters. The molecule has 0 N–H and O–H groups in total. The molecule has 3 nitrogen and oxygen atoms in total. The van der Waals surface area contributed by atoms with E-state index >= 15 is 0 Å². The summed E-state index contributed by atoms with van der Waals surface area (Å²) >= 11 is 0. The van der Waals surface area contributed by atoms with Crippen molar-refractivity contribution in [2.45, 2.75) is 20.8 Å². The number of carbonyl (C=O) groups excluding carboxylic acids is 3. The fourth-order valence-corrected chi connectivity index (χ4v) is 18.1. The van der Waals surface area contributed by atoms with Crippen molar-refractivity contribution in [3.8, 4) is 0 Å². The van der Waals surface area contributed by atoms with E-state index in [4.69, 9.17) is 10.1 Å². The standard InChI is InChI=1S/C6H15P.3CHO.ClH.Co/c1-4-7(5-2)6-3;3*1-2;;/h4-6H2,1-3H3;3*1H;1H;. The fraction of sp³-hybridized carbons (Fsp3) is 0.667. The SMILES string of the molecule is CC[PH](CC)(CC)[Co]([Cl])([CH]=O)([CH]=O)[CH]=O. The van der Waals surface area contributed by atoms with E-state index in [1.807, 2.05) is 20.8 Å². The fourth-order valence-electron chi connectivity index (χ4n) is 1.80. The van der Waals surface area contributed by atoms with Crippen LogP contribution >= 0.6 is 16.1 Å². The molecule has 0 fully saturated rings. The van der Waals surface area contributed by atoms with Crippen molar-refractivity contribution in [2.24, 2.45) is 0 Å². The molecule has 0 saturated heterocycles. The minimum absolute atomic E-state index is 0.467. The van der Waals surface area contributed by atoms with Crippen LogP contribution in [0.5, 0.6) is 0 Å². The molecule has 0 aliphatic rings. The molecule has 0 heterocycles. The van der Waals surface area contributed by atoms with Gasteiger partial charge >= 0.3 is 95.7 Å². The first-order valence-electron chi connectivity index (χ1n) is 4.76. The molecule has 0 saturated carbocycles. The molecule has 0 aliphatic carbocycles. The van der Waals surface area contributed by atoms with E-state index < -0.39 is 16.2 Å². The Morgan fingerprint density at radius 3 is 1.27 bits per heavy atom. The summed E-state index contributed by atoms with van der Waals surface area (Å²) < 4.78 is 0. The Labute approximate surface area is 95.7 Å². The Hall–Kier alpha value is 0.236. The molecular weight excluding hydrogens is 281 g/mol. The van der Waals surface area contributed by atoms with Gasteiger partial charge in [0.25, 0.3) is 0 Å². The number of carbonyl (C=O) groups is 3. The normalized spacial score (nSPS) is 16.1. The van der Waals surface area contributed by atoms with Crippen molar-refractivity contribution < 1.29 is 24.6 Å². The van der Waals surface area contributed by atoms with Crippen molar-refractivity contribution in [3.63, 3.8) is 0 Å². The summed E-state index contributed by atoms with van der Waals surface area (Å²) in [6, 6.07) is 0. The summed E-state index contributed by atoms with van der Waals surface area (Å²) in [6.45, 7) is 5.75. The summed E-state index contributed by atoms with van der Waals surface area (Å²) in [6.07, 6.45) is 2.07. The van der Waals surface area contributed by atoms with Gasteiger partial charge in [0.05, 0.1) is 0 Å². The molecule has 0 spiro atoms. The first-order chi connectivity index (χ1) is 6.92. The topological polar surface area (TPSA) is 51.2 Å². The average Bonchev–Trinajstić information content (AvgIpc) is 2.31. The molecule has 15 heavy (non-hydrogen) atoms.